The molecule has 0 spiro atoms. The Hall–Kier alpha value is -4.27. The van der Waals surface area contributed by atoms with Gasteiger partial charge in [-0.15, -0.1) is 0 Å². The molecule has 200 valence electrons. The molecule has 1 saturated carbocycles. The van der Waals surface area contributed by atoms with Gasteiger partial charge in [0.2, 0.25) is 5.91 Å². The van der Waals surface area contributed by atoms with Crippen molar-refractivity contribution in [3.05, 3.63) is 77.7 Å². The second kappa shape index (κ2) is 12.3. The van der Waals surface area contributed by atoms with Crippen LogP contribution in [0.3, 0.4) is 0 Å². The average molecular weight is 521 g/mol. The van der Waals surface area contributed by atoms with Crippen LogP contribution in [0.2, 0.25) is 0 Å². The van der Waals surface area contributed by atoms with Crippen LogP contribution >= 0.6 is 0 Å². The van der Waals surface area contributed by atoms with Gasteiger partial charge in [-0.3, -0.25) is 14.5 Å². The molecule has 0 aliphatic heterocycles. The third kappa shape index (κ3) is 5.82. The largest absolute Gasteiger partial charge is 0.493 e. The minimum absolute atomic E-state index is 0.0249. The first kappa shape index (κ1) is 26.8. The van der Waals surface area contributed by atoms with E-state index in [1.165, 1.54) is 25.4 Å². The maximum absolute atomic E-state index is 13.9. The fraction of sp³-hybridized carbons (Fsp3) is 0.345. The molecule has 1 aliphatic rings. The highest BCUT2D eigenvalue weighted by molar-refractivity contribution is 6.09. The number of amides is 2. The quantitative estimate of drug-likeness (QED) is 0.378. The molecule has 0 saturated heterocycles. The predicted molar refractivity (Wildman–Crippen MR) is 141 cm³/mol. The Morgan fingerprint density at radius 2 is 1.71 bits per heavy atom. The molecule has 1 heterocycles. The zero-order valence-corrected chi connectivity index (χ0v) is 21.8. The summed E-state index contributed by atoms with van der Waals surface area (Å²) in [6, 6.07) is 13.6. The van der Waals surface area contributed by atoms with E-state index in [9.17, 15) is 14.4 Å². The summed E-state index contributed by atoms with van der Waals surface area (Å²) in [5.74, 6) is -0.337. The standard InChI is InChI=1S/C29H32N2O7/c1-4-37-29(34)19-11-14-22(15-12-19)31(28(33)24-10-7-17-38-24)26(27(32)30-21-8-5-6-9-21)20-13-16-23(35-2)25(18-20)36-3/h7,10-18,21,26H,4-6,8-9H2,1-3H3,(H,30,32)/t26-/m1/s1. The number of rotatable bonds is 10. The van der Waals surface area contributed by atoms with Crippen molar-refractivity contribution in [3.8, 4) is 11.5 Å². The number of hydrogen-bond donors (Lipinski definition) is 1. The molecule has 1 atom stereocenters. The van der Waals surface area contributed by atoms with Crippen LogP contribution in [0.25, 0.3) is 0 Å². The normalized spacial score (nSPS) is 14.0. The summed E-state index contributed by atoms with van der Waals surface area (Å²) in [7, 11) is 3.04. The van der Waals surface area contributed by atoms with E-state index in [2.05, 4.69) is 5.32 Å². The lowest BCUT2D eigenvalue weighted by atomic mass is 10.0. The van der Waals surface area contributed by atoms with E-state index < -0.39 is 17.9 Å². The highest BCUT2D eigenvalue weighted by atomic mass is 16.5. The van der Waals surface area contributed by atoms with Crippen LogP contribution in [0, 0.1) is 0 Å². The van der Waals surface area contributed by atoms with Crippen LogP contribution < -0.4 is 19.7 Å². The Kier molecular flexibility index (Phi) is 8.68. The topological polar surface area (TPSA) is 107 Å². The van der Waals surface area contributed by atoms with E-state index in [4.69, 9.17) is 18.6 Å². The van der Waals surface area contributed by atoms with E-state index in [-0.39, 0.29) is 24.3 Å². The van der Waals surface area contributed by atoms with Crippen molar-refractivity contribution in [2.75, 3.05) is 25.7 Å². The number of ether oxygens (including phenoxy) is 3. The van der Waals surface area contributed by atoms with Gasteiger partial charge in [-0.05, 0) is 73.9 Å². The van der Waals surface area contributed by atoms with Gasteiger partial charge >= 0.3 is 5.97 Å². The fourth-order valence-corrected chi connectivity index (χ4v) is 4.67. The van der Waals surface area contributed by atoms with Crippen LogP contribution in [0.4, 0.5) is 5.69 Å². The van der Waals surface area contributed by atoms with Crippen molar-refractivity contribution in [1.29, 1.82) is 0 Å². The molecular weight excluding hydrogens is 488 g/mol. The van der Waals surface area contributed by atoms with Crippen molar-refractivity contribution >= 4 is 23.5 Å². The molecule has 1 aromatic heterocycles. The van der Waals surface area contributed by atoms with Crippen LogP contribution in [0.15, 0.2) is 65.3 Å². The molecule has 2 amide bonds. The van der Waals surface area contributed by atoms with E-state index in [0.29, 0.717) is 28.3 Å². The zero-order valence-electron chi connectivity index (χ0n) is 21.8. The number of anilines is 1. The summed E-state index contributed by atoms with van der Waals surface area (Å²) in [5, 5.41) is 3.13. The minimum Gasteiger partial charge on any atom is -0.493 e. The summed E-state index contributed by atoms with van der Waals surface area (Å²) in [6.07, 6.45) is 5.24. The van der Waals surface area contributed by atoms with Gasteiger partial charge in [0.15, 0.2) is 17.3 Å². The third-order valence-electron chi connectivity index (χ3n) is 6.54. The molecule has 0 unspecified atom stereocenters. The predicted octanol–water partition coefficient (Wildman–Crippen LogP) is 4.92. The van der Waals surface area contributed by atoms with Crippen LogP contribution in [0.1, 0.15) is 65.1 Å². The van der Waals surface area contributed by atoms with Gasteiger partial charge in [-0.2, -0.15) is 0 Å². The number of hydrogen-bond acceptors (Lipinski definition) is 7. The molecule has 1 fully saturated rings. The number of carbonyl (C=O) groups is 3. The minimum atomic E-state index is -1.07. The molecule has 0 bridgehead atoms. The first-order valence-electron chi connectivity index (χ1n) is 12.6. The number of furan rings is 1. The molecule has 38 heavy (non-hydrogen) atoms. The molecule has 9 nitrogen and oxygen atoms in total. The number of esters is 1. The lowest BCUT2D eigenvalue weighted by molar-refractivity contribution is -0.123. The van der Waals surface area contributed by atoms with Crippen molar-refractivity contribution in [2.45, 2.75) is 44.7 Å². The summed E-state index contributed by atoms with van der Waals surface area (Å²) in [6.45, 7) is 1.97. The number of nitrogens with zero attached hydrogens (tertiary/aromatic N) is 1. The Balaban J connectivity index is 1.82. The molecule has 4 rings (SSSR count). The molecule has 1 N–H and O–H groups in total. The molecule has 9 heteroatoms. The van der Waals surface area contributed by atoms with Crippen molar-refractivity contribution in [1.82, 2.24) is 5.32 Å². The molecule has 1 aliphatic carbocycles. The monoisotopic (exact) mass is 520 g/mol. The van der Waals surface area contributed by atoms with Gasteiger partial charge in [-0.1, -0.05) is 18.9 Å². The molecular formula is C29H32N2O7. The van der Waals surface area contributed by atoms with Crippen LogP contribution in [0.5, 0.6) is 11.5 Å². The van der Waals surface area contributed by atoms with E-state index in [1.807, 2.05) is 0 Å². The summed E-state index contributed by atoms with van der Waals surface area (Å²) >= 11 is 0. The second-order valence-electron chi connectivity index (χ2n) is 8.93. The lowest BCUT2D eigenvalue weighted by Crippen LogP contribution is -2.46. The number of benzene rings is 2. The van der Waals surface area contributed by atoms with E-state index >= 15 is 0 Å². The fourth-order valence-electron chi connectivity index (χ4n) is 4.67. The highest BCUT2D eigenvalue weighted by Gasteiger charge is 2.36. The van der Waals surface area contributed by atoms with E-state index in [0.717, 1.165) is 25.7 Å². The smallest absolute Gasteiger partial charge is 0.338 e. The Bertz CT molecular complexity index is 1250. The lowest BCUT2D eigenvalue weighted by Gasteiger charge is -2.32. The number of carbonyl (C=O) groups excluding carboxylic acids is 3. The SMILES string of the molecule is CCOC(=O)c1ccc(N(C(=O)c2ccco2)[C@@H](C(=O)NC2CCCC2)c2ccc(OC)c(OC)c2)cc1. The zero-order chi connectivity index (χ0) is 27.1. The Morgan fingerprint density at radius 3 is 2.32 bits per heavy atom. The summed E-state index contributed by atoms with van der Waals surface area (Å²) in [5.41, 5.74) is 1.26. The third-order valence-corrected chi connectivity index (χ3v) is 6.54. The van der Waals surface area contributed by atoms with Crippen LogP contribution in [-0.4, -0.2) is 44.7 Å². The van der Waals surface area contributed by atoms with E-state index in [1.54, 1.807) is 61.5 Å². The molecule has 2 aromatic carbocycles. The summed E-state index contributed by atoms with van der Waals surface area (Å²) in [4.78, 5) is 41.4. The second-order valence-corrected chi connectivity index (χ2v) is 8.93. The highest BCUT2D eigenvalue weighted by Crippen LogP contribution is 2.36. The number of methoxy groups -OCH3 is 2. The number of nitrogens with one attached hydrogen (secondary N) is 1. The average Bonchev–Trinajstić information content (AvgIpc) is 3.66. The van der Waals surface area contributed by atoms with Crippen LogP contribution in [-0.2, 0) is 9.53 Å². The Labute approximate surface area is 221 Å². The van der Waals surface area contributed by atoms with Gasteiger partial charge < -0.3 is 23.9 Å². The van der Waals surface area contributed by atoms with Gasteiger partial charge in [0.25, 0.3) is 5.91 Å². The van der Waals surface area contributed by atoms with Crippen molar-refractivity contribution in [2.24, 2.45) is 0 Å². The molecule has 0 radical (unpaired) electrons. The van der Waals surface area contributed by atoms with Gasteiger partial charge in [-0.25, -0.2) is 4.79 Å². The van der Waals surface area contributed by atoms with Crippen molar-refractivity contribution < 1.29 is 33.0 Å². The van der Waals surface area contributed by atoms with Crippen molar-refractivity contribution in [3.63, 3.8) is 0 Å². The molecule has 3 aromatic rings. The van der Waals surface area contributed by atoms with Gasteiger partial charge in [0.05, 0.1) is 32.7 Å². The first-order valence-corrected chi connectivity index (χ1v) is 12.6. The first-order chi connectivity index (χ1) is 18.5. The maximum Gasteiger partial charge on any atom is 0.338 e. The van der Waals surface area contributed by atoms with Gasteiger partial charge in [0.1, 0.15) is 6.04 Å². The Morgan fingerprint density at radius 1 is 1.00 bits per heavy atom. The maximum atomic E-state index is 13.9. The van der Waals surface area contributed by atoms with Gasteiger partial charge in [0, 0.05) is 11.7 Å². The summed E-state index contributed by atoms with van der Waals surface area (Å²) < 4.78 is 21.4.